The fraction of sp³-hybridized carbons (Fsp3) is 0.647. The average Bonchev–Trinajstić information content (AvgIpc) is 2.50. The predicted octanol–water partition coefficient (Wildman–Crippen LogP) is 0.950. The molecule has 0 amide bonds. The minimum atomic E-state index is 0.0391. The van der Waals surface area contributed by atoms with E-state index in [1.54, 1.807) is 0 Å². The van der Waals surface area contributed by atoms with Gasteiger partial charge in [0, 0.05) is 25.7 Å². The first-order valence-electron chi connectivity index (χ1n) is 8.08. The molecule has 0 bridgehead atoms. The second-order valence-corrected chi connectivity index (χ2v) is 5.75. The van der Waals surface area contributed by atoms with E-state index in [-0.39, 0.29) is 12.6 Å². The Hall–Kier alpha value is -1.34. The van der Waals surface area contributed by atoms with Crippen molar-refractivity contribution in [2.75, 3.05) is 60.6 Å². The molecule has 0 spiro atoms. The zero-order valence-electron chi connectivity index (χ0n) is 14.8. The number of nitrogens with two attached hydrogens (primary N) is 1. The van der Waals surface area contributed by atoms with Gasteiger partial charge in [-0.2, -0.15) is 0 Å². The fourth-order valence-corrected chi connectivity index (χ4v) is 2.34. The molecule has 0 saturated carbocycles. The highest BCUT2D eigenvalue weighted by Gasteiger charge is 2.17. The molecule has 6 heteroatoms. The molecule has 0 fully saturated rings. The summed E-state index contributed by atoms with van der Waals surface area (Å²) in [5.74, 6) is 1.48. The van der Waals surface area contributed by atoms with Crippen molar-refractivity contribution in [3.8, 4) is 11.5 Å². The molecule has 0 aliphatic heterocycles. The van der Waals surface area contributed by atoms with Crippen molar-refractivity contribution in [2.24, 2.45) is 5.73 Å². The topological polar surface area (TPSA) is 71.2 Å². The molecule has 3 N–H and O–H groups in total. The van der Waals surface area contributed by atoms with Crippen molar-refractivity contribution in [3.05, 3.63) is 23.8 Å². The molecule has 132 valence electrons. The third kappa shape index (κ3) is 6.35. The van der Waals surface area contributed by atoms with Crippen molar-refractivity contribution < 1.29 is 14.6 Å². The van der Waals surface area contributed by atoms with Crippen LogP contribution in [0.5, 0.6) is 11.5 Å². The third-order valence-electron chi connectivity index (χ3n) is 3.66. The molecule has 6 nitrogen and oxygen atoms in total. The number of aliphatic hydroxyl groups is 1. The Bertz CT molecular complexity index is 455. The molecule has 23 heavy (non-hydrogen) atoms. The molecule has 0 aliphatic carbocycles. The van der Waals surface area contributed by atoms with Crippen LogP contribution in [0, 0.1) is 0 Å². The van der Waals surface area contributed by atoms with E-state index in [9.17, 15) is 0 Å². The molecular weight excluding hydrogens is 294 g/mol. The van der Waals surface area contributed by atoms with Crippen molar-refractivity contribution >= 4 is 0 Å². The molecule has 1 aromatic rings. The van der Waals surface area contributed by atoms with Gasteiger partial charge >= 0.3 is 0 Å². The number of aliphatic hydroxyl groups excluding tert-OH is 1. The zero-order chi connectivity index (χ0) is 17.2. The lowest BCUT2D eigenvalue weighted by Crippen LogP contribution is -2.32. The first-order valence-corrected chi connectivity index (χ1v) is 8.08. The molecule has 1 rings (SSSR count). The second kappa shape index (κ2) is 10.4. The molecular formula is C17H31N3O3. The Morgan fingerprint density at radius 1 is 1.13 bits per heavy atom. The quantitative estimate of drug-likeness (QED) is 0.631. The largest absolute Gasteiger partial charge is 0.490 e. The molecule has 1 aromatic carbocycles. The van der Waals surface area contributed by atoms with Crippen LogP contribution >= 0.6 is 0 Å². The molecule has 0 saturated heterocycles. The summed E-state index contributed by atoms with van der Waals surface area (Å²) in [5.41, 5.74) is 6.97. The number of benzene rings is 1. The third-order valence-corrected chi connectivity index (χ3v) is 3.66. The standard InChI is InChI=1S/C17H31N3O3/c1-5-22-17-12-14(15(13-18)20(4)8-10-21)6-7-16(17)23-11-9-19(2)3/h6-7,12,15,21H,5,8-11,13,18H2,1-4H3. The van der Waals surface area contributed by atoms with Crippen LogP contribution in [-0.4, -0.2) is 75.5 Å². The van der Waals surface area contributed by atoms with Crippen LogP contribution in [-0.2, 0) is 0 Å². The van der Waals surface area contributed by atoms with Gasteiger partial charge in [-0.05, 0) is 45.8 Å². The number of hydrogen-bond donors (Lipinski definition) is 2. The highest BCUT2D eigenvalue weighted by Crippen LogP contribution is 2.32. The van der Waals surface area contributed by atoms with Gasteiger partial charge in [-0.1, -0.05) is 6.07 Å². The highest BCUT2D eigenvalue weighted by atomic mass is 16.5. The summed E-state index contributed by atoms with van der Waals surface area (Å²) in [4.78, 5) is 4.11. The van der Waals surface area contributed by atoms with E-state index in [4.69, 9.17) is 20.3 Å². The van der Waals surface area contributed by atoms with E-state index in [0.29, 0.717) is 26.3 Å². The Morgan fingerprint density at radius 2 is 1.87 bits per heavy atom. The summed E-state index contributed by atoms with van der Waals surface area (Å²) in [7, 11) is 5.98. The van der Waals surface area contributed by atoms with E-state index >= 15 is 0 Å². The lowest BCUT2D eigenvalue weighted by Gasteiger charge is -2.27. The first kappa shape index (κ1) is 19.7. The number of likely N-dealkylation sites (N-methyl/N-ethyl adjacent to an activating group) is 2. The van der Waals surface area contributed by atoms with Gasteiger partial charge in [-0.25, -0.2) is 0 Å². The van der Waals surface area contributed by atoms with E-state index in [1.807, 2.05) is 51.2 Å². The normalized spacial score (nSPS) is 12.7. The van der Waals surface area contributed by atoms with Crippen LogP contribution in [0.25, 0.3) is 0 Å². The Kier molecular flexibility index (Phi) is 8.94. The maximum absolute atomic E-state index is 9.12. The lowest BCUT2D eigenvalue weighted by molar-refractivity contribution is 0.183. The van der Waals surface area contributed by atoms with Gasteiger partial charge in [-0.15, -0.1) is 0 Å². The molecule has 0 aromatic heterocycles. The number of ether oxygens (including phenoxy) is 2. The summed E-state index contributed by atoms with van der Waals surface area (Å²) in [6, 6.07) is 5.97. The van der Waals surface area contributed by atoms with Crippen LogP contribution in [0.4, 0.5) is 0 Å². The van der Waals surface area contributed by atoms with E-state index in [2.05, 4.69) is 4.90 Å². The summed E-state index contributed by atoms with van der Waals surface area (Å²) in [6.07, 6.45) is 0. The van der Waals surface area contributed by atoms with Crippen molar-refractivity contribution in [3.63, 3.8) is 0 Å². The van der Waals surface area contributed by atoms with Crippen LogP contribution in [0.15, 0.2) is 18.2 Å². The van der Waals surface area contributed by atoms with Crippen LogP contribution < -0.4 is 15.2 Å². The molecule has 1 atom stereocenters. The Labute approximate surface area is 139 Å². The molecule has 0 aliphatic rings. The van der Waals surface area contributed by atoms with Crippen LogP contribution in [0.1, 0.15) is 18.5 Å². The second-order valence-electron chi connectivity index (χ2n) is 5.75. The van der Waals surface area contributed by atoms with Gasteiger partial charge < -0.3 is 25.2 Å². The monoisotopic (exact) mass is 325 g/mol. The van der Waals surface area contributed by atoms with Crippen molar-refractivity contribution in [1.82, 2.24) is 9.80 Å². The number of nitrogens with zero attached hydrogens (tertiary/aromatic N) is 2. The van der Waals surface area contributed by atoms with Crippen molar-refractivity contribution in [1.29, 1.82) is 0 Å². The van der Waals surface area contributed by atoms with Gasteiger partial charge in [-0.3, -0.25) is 4.90 Å². The smallest absolute Gasteiger partial charge is 0.161 e. The average molecular weight is 325 g/mol. The summed E-state index contributed by atoms with van der Waals surface area (Å²) < 4.78 is 11.5. The SMILES string of the molecule is CCOc1cc(C(CN)N(C)CCO)ccc1OCCN(C)C. The lowest BCUT2D eigenvalue weighted by atomic mass is 10.0. The maximum Gasteiger partial charge on any atom is 0.161 e. The minimum absolute atomic E-state index is 0.0391. The molecule has 1 unspecified atom stereocenters. The molecule has 0 heterocycles. The fourth-order valence-electron chi connectivity index (χ4n) is 2.34. The highest BCUT2D eigenvalue weighted by molar-refractivity contribution is 5.44. The van der Waals surface area contributed by atoms with E-state index in [1.165, 1.54) is 0 Å². The summed E-state index contributed by atoms with van der Waals surface area (Å²) in [6.45, 7) is 5.14. The van der Waals surface area contributed by atoms with Gasteiger partial charge in [0.15, 0.2) is 11.5 Å². The zero-order valence-corrected chi connectivity index (χ0v) is 14.8. The Balaban J connectivity index is 2.91. The van der Waals surface area contributed by atoms with Gasteiger partial charge in [0.05, 0.1) is 13.2 Å². The van der Waals surface area contributed by atoms with E-state index < -0.39 is 0 Å². The number of hydrogen-bond acceptors (Lipinski definition) is 6. The Morgan fingerprint density at radius 3 is 2.43 bits per heavy atom. The van der Waals surface area contributed by atoms with Crippen LogP contribution in [0.2, 0.25) is 0 Å². The van der Waals surface area contributed by atoms with Crippen molar-refractivity contribution in [2.45, 2.75) is 13.0 Å². The first-order chi connectivity index (χ1) is 11.0. The maximum atomic E-state index is 9.12. The predicted molar refractivity (Wildman–Crippen MR) is 93.2 cm³/mol. The van der Waals surface area contributed by atoms with E-state index in [0.717, 1.165) is 23.6 Å². The summed E-state index contributed by atoms with van der Waals surface area (Å²) >= 11 is 0. The molecule has 0 radical (unpaired) electrons. The van der Waals surface area contributed by atoms with Crippen LogP contribution in [0.3, 0.4) is 0 Å². The summed E-state index contributed by atoms with van der Waals surface area (Å²) in [5, 5.41) is 9.12. The van der Waals surface area contributed by atoms with Gasteiger partial charge in [0.2, 0.25) is 0 Å². The minimum Gasteiger partial charge on any atom is -0.490 e. The van der Waals surface area contributed by atoms with Gasteiger partial charge in [0.25, 0.3) is 0 Å². The van der Waals surface area contributed by atoms with Gasteiger partial charge in [0.1, 0.15) is 6.61 Å². The number of rotatable bonds is 11.